The van der Waals surface area contributed by atoms with E-state index in [4.69, 9.17) is 10.2 Å². The quantitative estimate of drug-likeness (QED) is 0.376. The van der Waals surface area contributed by atoms with Crippen molar-refractivity contribution in [1.82, 2.24) is 14.8 Å². The predicted molar refractivity (Wildman–Crippen MR) is 119 cm³/mol. The van der Waals surface area contributed by atoms with Gasteiger partial charge in [0.15, 0.2) is 0 Å². The Labute approximate surface area is 192 Å². The number of hydrogen-bond acceptors (Lipinski definition) is 6. The molecule has 0 saturated carbocycles. The van der Waals surface area contributed by atoms with Crippen LogP contribution in [0.1, 0.15) is 33.2 Å². The van der Waals surface area contributed by atoms with E-state index in [1.165, 1.54) is 17.0 Å². The summed E-state index contributed by atoms with van der Waals surface area (Å²) in [5.41, 5.74) is 6.88. The lowest BCUT2D eigenvalue weighted by Gasteiger charge is -2.10. The van der Waals surface area contributed by atoms with E-state index in [-0.39, 0.29) is 33.3 Å². The van der Waals surface area contributed by atoms with E-state index in [1.54, 1.807) is 26.0 Å². The highest BCUT2D eigenvalue weighted by molar-refractivity contribution is 9.10. The molecule has 0 spiro atoms. The van der Waals surface area contributed by atoms with Crippen molar-refractivity contribution in [3.8, 4) is 11.3 Å². The van der Waals surface area contributed by atoms with Crippen LogP contribution in [0.5, 0.6) is 0 Å². The number of aryl methyl sites for hydroxylation is 1. The molecule has 0 bridgehead atoms. The molecule has 0 aliphatic carbocycles. The molecule has 0 saturated heterocycles. The van der Waals surface area contributed by atoms with Gasteiger partial charge in [0.25, 0.3) is 12.3 Å². The normalized spacial score (nSPS) is 11.4. The molecular weight excluding hydrogens is 508 g/mol. The van der Waals surface area contributed by atoms with Gasteiger partial charge in [-0.15, -0.1) is 11.3 Å². The maximum absolute atomic E-state index is 13.4. The van der Waals surface area contributed by atoms with E-state index >= 15 is 0 Å². The number of carbonyl (C=O) groups excluding carboxylic acids is 2. The van der Waals surface area contributed by atoms with Crippen LogP contribution in [0.4, 0.5) is 14.5 Å². The van der Waals surface area contributed by atoms with Crippen molar-refractivity contribution in [2.45, 2.75) is 26.8 Å². The number of carbonyl (C=O) groups is 2. The number of aromatic nitrogens is 3. The lowest BCUT2D eigenvalue weighted by molar-refractivity contribution is -0.116. The summed E-state index contributed by atoms with van der Waals surface area (Å²) in [6.45, 7) is 3.47. The number of nitrogens with zero attached hydrogens (tertiary/aromatic N) is 3. The Kier molecular flexibility index (Phi) is 5.82. The third kappa shape index (κ3) is 3.91. The molecule has 4 aromatic rings. The summed E-state index contributed by atoms with van der Waals surface area (Å²) in [4.78, 5) is 29.1. The highest BCUT2D eigenvalue weighted by atomic mass is 79.9. The number of nitrogens with one attached hydrogen (secondary N) is 1. The fourth-order valence-corrected chi connectivity index (χ4v) is 4.59. The molecule has 0 unspecified atom stereocenters. The lowest BCUT2D eigenvalue weighted by atomic mass is 10.1. The smallest absolute Gasteiger partial charge is 0.280 e. The van der Waals surface area contributed by atoms with E-state index in [0.717, 1.165) is 27.2 Å². The Hall–Kier alpha value is -3.12. The number of pyridine rings is 1. The van der Waals surface area contributed by atoms with E-state index in [2.05, 4.69) is 31.3 Å². The molecule has 8 nitrogen and oxygen atoms in total. The van der Waals surface area contributed by atoms with Crippen LogP contribution in [-0.2, 0) is 11.3 Å². The summed E-state index contributed by atoms with van der Waals surface area (Å²) in [6, 6.07) is 4.37. The van der Waals surface area contributed by atoms with E-state index in [0.29, 0.717) is 5.39 Å². The van der Waals surface area contributed by atoms with Gasteiger partial charge in [0.05, 0.1) is 27.8 Å². The van der Waals surface area contributed by atoms with Gasteiger partial charge in [-0.25, -0.2) is 13.8 Å². The fourth-order valence-electron chi connectivity index (χ4n) is 3.29. The third-order valence-electron chi connectivity index (χ3n) is 4.77. The van der Waals surface area contributed by atoms with Gasteiger partial charge in [0, 0.05) is 10.9 Å². The summed E-state index contributed by atoms with van der Waals surface area (Å²) < 4.78 is 34.6. The molecular formula is C20H16BrF2N5O3S. The maximum atomic E-state index is 13.4. The first-order valence-electron chi connectivity index (χ1n) is 9.26. The minimum absolute atomic E-state index is 0.00498. The molecule has 0 fully saturated rings. The molecule has 12 heteroatoms. The number of nitrogens with two attached hydrogens (primary N) is 1. The van der Waals surface area contributed by atoms with Crippen LogP contribution < -0.4 is 11.1 Å². The van der Waals surface area contributed by atoms with Crippen molar-refractivity contribution in [3.05, 3.63) is 50.9 Å². The van der Waals surface area contributed by atoms with Gasteiger partial charge in [0.2, 0.25) is 5.91 Å². The second-order valence-corrected chi connectivity index (χ2v) is 8.71. The molecule has 0 atom stereocenters. The van der Waals surface area contributed by atoms with Crippen molar-refractivity contribution >= 4 is 55.0 Å². The van der Waals surface area contributed by atoms with Crippen molar-refractivity contribution in [2.75, 3.05) is 5.32 Å². The number of primary amides is 1. The molecule has 0 radical (unpaired) electrons. The number of furan rings is 1. The topological polar surface area (TPSA) is 116 Å². The summed E-state index contributed by atoms with van der Waals surface area (Å²) in [5.74, 6) is -1.01. The zero-order valence-corrected chi connectivity index (χ0v) is 19.2. The van der Waals surface area contributed by atoms with Gasteiger partial charge in [-0.1, -0.05) is 0 Å². The molecule has 0 aromatic carbocycles. The summed E-state index contributed by atoms with van der Waals surface area (Å²) >= 11 is 4.24. The fraction of sp³-hybridized carbons (Fsp3) is 0.200. The zero-order chi connectivity index (χ0) is 23.2. The van der Waals surface area contributed by atoms with Gasteiger partial charge < -0.3 is 15.5 Å². The highest BCUT2D eigenvalue weighted by Crippen LogP contribution is 2.42. The Morgan fingerprint density at radius 3 is 2.69 bits per heavy atom. The van der Waals surface area contributed by atoms with Crippen LogP contribution in [-0.4, -0.2) is 26.6 Å². The van der Waals surface area contributed by atoms with Crippen LogP contribution in [0, 0.1) is 13.8 Å². The zero-order valence-electron chi connectivity index (χ0n) is 16.8. The summed E-state index contributed by atoms with van der Waals surface area (Å²) in [5, 5.41) is 7.29. The number of rotatable bonds is 6. The van der Waals surface area contributed by atoms with Crippen molar-refractivity contribution in [3.63, 3.8) is 0 Å². The Morgan fingerprint density at radius 2 is 2.12 bits per heavy atom. The molecule has 0 aliphatic heterocycles. The second kappa shape index (κ2) is 8.43. The predicted octanol–water partition coefficient (Wildman–Crippen LogP) is 4.81. The molecule has 4 rings (SSSR count). The average molecular weight is 524 g/mol. The molecule has 4 aromatic heterocycles. The van der Waals surface area contributed by atoms with E-state index in [1.807, 2.05) is 0 Å². The molecule has 3 N–H and O–H groups in total. The van der Waals surface area contributed by atoms with E-state index < -0.39 is 23.9 Å². The minimum atomic E-state index is -2.84. The SMILES string of the molecule is Cc1nn(CC(=O)Nc2c(C(N)=O)sc3nc(C(F)F)cc(-c4ccco4)c23)c(C)c1Br. The molecule has 0 aliphatic rings. The molecule has 2 amide bonds. The number of fused-ring (bicyclic) bond motifs is 1. The number of hydrogen-bond donors (Lipinski definition) is 2. The number of halogens is 3. The minimum Gasteiger partial charge on any atom is -0.464 e. The van der Waals surface area contributed by atoms with Crippen LogP contribution in [0.15, 0.2) is 33.4 Å². The number of alkyl halides is 2. The number of amides is 2. The molecule has 32 heavy (non-hydrogen) atoms. The van der Waals surface area contributed by atoms with Crippen LogP contribution in [0.25, 0.3) is 21.5 Å². The van der Waals surface area contributed by atoms with Gasteiger partial charge in [-0.05, 0) is 48.0 Å². The van der Waals surface area contributed by atoms with Crippen molar-refractivity contribution in [2.24, 2.45) is 5.73 Å². The van der Waals surface area contributed by atoms with Gasteiger partial charge >= 0.3 is 0 Å². The monoisotopic (exact) mass is 523 g/mol. The number of thiophene rings is 1. The van der Waals surface area contributed by atoms with Gasteiger partial charge in [0.1, 0.15) is 27.7 Å². The second-order valence-electron chi connectivity index (χ2n) is 6.91. The maximum Gasteiger partial charge on any atom is 0.280 e. The van der Waals surface area contributed by atoms with Gasteiger partial charge in [-0.2, -0.15) is 5.10 Å². The molecule has 166 valence electrons. The van der Waals surface area contributed by atoms with Crippen LogP contribution in [0.3, 0.4) is 0 Å². The highest BCUT2D eigenvalue weighted by Gasteiger charge is 2.26. The summed E-state index contributed by atoms with van der Waals surface area (Å²) in [6.07, 6.45) is -1.45. The number of anilines is 1. The Balaban J connectivity index is 1.84. The van der Waals surface area contributed by atoms with E-state index in [9.17, 15) is 18.4 Å². The standard InChI is InChI=1S/C20H16BrF2N5O3S/c1-8-15(21)9(2)28(27-8)7-13(29)26-16-14-10(12-4-3-5-31-12)6-11(18(22)23)25-20(14)32-17(16)19(24)30/h3-6,18H,7H2,1-2H3,(H2,24,30)(H,26,29). The van der Waals surface area contributed by atoms with Crippen LogP contribution in [0.2, 0.25) is 0 Å². The van der Waals surface area contributed by atoms with Gasteiger partial charge in [-0.3, -0.25) is 14.3 Å². The first kappa shape index (κ1) is 22.1. The first-order valence-corrected chi connectivity index (χ1v) is 10.9. The average Bonchev–Trinajstić information content (AvgIpc) is 3.44. The molecule has 4 heterocycles. The Bertz CT molecular complexity index is 1350. The van der Waals surface area contributed by atoms with Crippen molar-refractivity contribution in [1.29, 1.82) is 0 Å². The summed E-state index contributed by atoms with van der Waals surface area (Å²) in [7, 11) is 0. The van der Waals surface area contributed by atoms with Crippen molar-refractivity contribution < 1.29 is 22.8 Å². The third-order valence-corrected chi connectivity index (χ3v) is 7.01. The first-order chi connectivity index (χ1) is 15.2. The lowest BCUT2D eigenvalue weighted by Crippen LogP contribution is -2.22. The largest absolute Gasteiger partial charge is 0.464 e. The Morgan fingerprint density at radius 1 is 1.38 bits per heavy atom. The van der Waals surface area contributed by atoms with Crippen LogP contribution >= 0.6 is 27.3 Å².